The average Bonchev–Trinajstić information content (AvgIpc) is 3.47. The van der Waals surface area contributed by atoms with E-state index in [0.29, 0.717) is 31.7 Å². The van der Waals surface area contributed by atoms with Crippen LogP contribution in [0, 0.1) is 5.92 Å². The molecule has 7 nitrogen and oxygen atoms in total. The summed E-state index contributed by atoms with van der Waals surface area (Å²) in [7, 11) is 1.85. The molecule has 4 unspecified atom stereocenters. The zero-order chi connectivity index (χ0) is 23.9. The molecule has 192 valence electrons. The van der Waals surface area contributed by atoms with Crippen LogP contribution < -0.4 is 17.0 Å². The molecule has 3 rings (SSSR count). The van der Waals surface area contributed by atoms with E-state index < -0.39 is 29.9 Å². The molecule has 1 aromatic carbocycles. The van der Waals surface area contributed by atoms with Gasteiger partial charge in [-0.05, 0) is 24.8 Å². The molecule has 8 heteroatoms. The number of halogens is 1. The number of aliphatic carboxylic acids is 1. The van der Waals surface area contributed by atoms with Gasteiger partial charge in [-0.25, -0.2) is 9.59 Å². The number of aliphatic hydroxyl groups is 1. The summed E-state index contributed by atoms with van der Waals surface area (Å²) >= 11 is 0. The molecule has 2 N–H and O–H groups in total. The highest BCUT2D eigenvalue weighted by molar-refractivity contribution is 5.81. The van der Waals surface area contributed by atoms with Crippen molar-refractivity contribution < 1.29 is 50.7 Å². The van der Waals surface area contributed by atoms with Crippen LogP contribution in [0.4, 0.5) is 0 Å². The van der Waals surface area contributed by atoms with E-state index in [0.717, 1.165) is 51.4 Å². The van der Waals surface area contributed by atoms with Gasteiger partial charge in [0.25, 0.3) is 6.23 Å². The predicted octanol–water partition coefficient (Wildman–Crippen LogP) is 0.838. The van der Waals surface area contributed by atoms with Gasteiger partial charge in [-0.15, -0.1) is 0 Å². The van der Waals surface area contributed by atoms with Crippen LogP contribution in [0.1, 0.15) is 70.3 Å². The molecule has 2 aliphatic rings. The Labute approximate surface area is 213 Å². The fourth-order valence-electron chi connectivity index (χ4n) is 5.43. The first-order chi connectivity index (χ1) is 15.8. The van der Waals surface area contributed by atoms with Crippen molar-refractivity contribution in [2.24, 2.45) is 5.92 Å². The van der Waals surface area contributed by atoms with Crippen molar-refractivity contribution in [3.8, 4) is 0 Å². The largest absolute Gasteiger partial charge is 1.00 e. The van der Waals surface area contributed by atoms with E-state index in [9.17, 15) is 19.8 Å². The van der Waals surface area contributed by atoms with Crippen molar-refractivity contribution in [3.05, 3.63) is 35.9 Å². The molecular weight excluding hydrogens is 502 g/mol. The minimum absolute atomic E-state index is 0. The van der Waals surface area contributed by atoms with Crippen molar-refractivity contribution >= 4 is 11.9 Å². The molecule has 4 atom stereocenters. The molecule has 1 heterocycles. The second-order valence-electron chi connectivity index (χ2n) is 9.94. The first-order valence-electron chi connectivity index (χ1n) is 12.5. The SMILES string of the molecule is CCCCCCOC(C(=O)O)[N+]1(C)CCC(OC(=O)C(O)(c2ccccc2)C2CCCC2)C1.[Br-]. The monoisotopic (exact) mass is 541 g/mol. The smallest absolute Gasteiger partial charge is 0.392 e. The van der Waals surface area contributed by atoms with Gasteiger partial charge in [-0.1, -0.05) is 69.4 Å². The van der Waals surface area contributed by atoms with Crippen LogP contribution in [-0.4, -0.2) is 65.7 Å². The van der Waals surface area contributed by atoms with E-state index in [1.54, 1.807) is 12.1 Å². The topological polar surface area (TPSA) is 93.1 Å². The number of carboxylic acids is 1. The third-order valence-corrected chi connectivity index (χ3v) is 7.38. The Hall–Kier alpha value is -1.48. The van der Waals surface area contributed by atoms with E-state index in [2.05, 4.69) is 6.92 Å². The number of rotatable bonds is 12. The molecule has 1 saturated carbocycles. The quantitative estimate of drug-likeness (QED) is 0.231. The zero-order valence-electron chi connectivity index (χ0n) is 20.5. The summed E-state index contributed by atoms with van der Waals surface area (Å²) in [6.07, 6.45) is 6.72. The van der Waals surface area contributed by atoms with Crippen molar-refractivity contribution in [2.75, 3.05) is 26.7 Å². The third-order valence-electron chi connectivity index (χ3n) is 7.38. The minimum Gasteiger partial charge on any atom is -1.00 e. The van der Waals surface area contributed by atoms with Gasteiger partial charge in [-0.2, -0.15) is 0 Å². The zero-order valence-corrected chi connectivity index (χ0v) is 22.0. The maximum Gasteiger partial charge on any atom is 0.392 e. The van der Waals surface area contributed by atoms with Crippen molar-refractivity contribution in [1.82, 2.24) is 0 Å². The number of carboxylic acid groups (broad SMARTS) is 1. The summed E-state index contributed by atoms with van der Waals surface area (Å²) in [5, 5.41) is 21.4. The molecule has 34 heavy (non-hydrogen) atoms. The van der Waals surface area contributed by atoms with Crippen LogP contribution in [0.3, 0.4) is 0 Å². The highest BCUT2D eigenvalue weighted by Crippen LogP contribution is 2.42. The predicted molar refractivity (Wildman–Crippen MR) is 124 cm³/mol. The third kappa shape index (κ3) is 6.59. The molecule has 1 aliphatic heterocycles. The van der Waals surface area contributed by atoms with Crippen molar-refractivity contribution in [1.29, 1.82) is 0 Å². The number of quaternary nitrogens is 1. The van der Waals surface area contributed by atoms with Crippen LogP contribution in [0.25, 0.3) is 0 Å². The maximum absolute atomic E-state index is 13.4. The summed E-state index contributed by atoms with van der Waals surface area (Å²) in [5.74, 6) is -1.79. The summed E-state index contributed by atoms with van der Waals surface area (Å²) in [5.41, 5.74) is -1.11. The lowest BCUT2D eigenvalue weighted by Crippen LogP contribution is -3.00. The Morgan fingerprint density at radius 3 is 2.41 bits per heavy atom. The Kier molecular flexibility index (Phi) is 11.0. The van der Waals surface area contributed by atoms with Crippen LogP contribution >= 0.6 is 0 Å². The number of esters is 1. The molecule has 1 saturated heterocycles. The number of carbonyl (C=O) groups excluding carboxylic acids is 1. The van der Waals surface area contributed by atoms with Crippen molar-refractivity contribution in [2.45, 2.75) is 82.6 Å². The van der Waals surface area contributed by atoms with Gasteiger partial charge in [0.15, 0.2) is 11.7 Å². The van der Waals surface area contributed by atoms with Crippen LogP contribution in [0.15, 0.2) is 30.3 Å². The fourth-order valence-corrected chi connectivity index (χ4v) is 5.43. The second-order valence-corrected chi connectivity index (χ2v) is 9.94. The normalized spacial score (nSPS) is 25.3. The van der Waals surface area contributed by atoms with Gasteiger partial charge in [-0.3, -0.25) is 4.48 Å². The van der Waals surface area contributed by atoms with E-state index in [1.807, 2.05) is 25.2 Å². The first kappa shape index (κ1) is 28.8. The van der Waals surface area contributed by atoms with Crippen LogP contribution in [0.2, 0.25) is 0 Å². The molecule has 0 bridgehead atoms. The lowest BCUT2D eigenvalue weighted by molar-refractivity contribution is -0.936. The molecule has 0 amide bonds. The average molecular weight is 543 g/mol. The van der Waals surface area contributed by atoms with E-state index in [4.69, 9.17) is 9.47 Å². The maximum atomic E-state index is 13.4. The lowest BCUT2D eigenvalue weighted by atomic mass is 9.80. The lowest BCUT2D eigenvalue weighted by Gasteiger charge is -2.35. The summed E-state index contributed by atoms with van der Waals surface area (Å²) < 4.78 is 11.8. The summed E-state index contributed by atoms with van der Waals surface area (Å²) in [6, 6.07) is 9.06. The molecule has 1 aromatic rings. The van der Waals surface area contributed by atoms with Gasteiger partial charge >= 0.3 is 11.9 Å². The highest BCUT2D eigenvalue weighted by Gasteiger charge is 2.51. The van der Waals surface area contributed by atoms with E-state index in [-0.39, 0.29) is 27.4 Å². The molecule has 0 aromatic heterocycles. The summed E-state index contributed by atoms with van der Waals surface area (Å²) in [6.45, 7) is 3.43. The number of likely N-dealkylation sites (N-methyl/N-ethyl adjacent to an activating group) is 1. The number of carbonyl (C=O) groups is 2. The van der Waals surface area contributed by atoms with Gasteiger partial charge in [0, 0.05) is 12.3 Å². The number of likely N-dealkylation sites (tertiary alicyclic amines) is 1. The van der Waals surface area contributed by atoms with E-state index in [1.165, 1.54) is 0 Å². The Morgan fingerprint density at radius 2 is 1.79 bits per heavy atom. The number of hydrogen-bond donors (Lipinski definition) is 2. The van der Waals surface area contributed by atoms with Crippen LogP contribution in [-0.2, 0) is 24.7 Å². The van der Waals surface area contributed by atoms with Gasteiger partial charge in [0.2, 0.25) is 0 Å². The van der Waals surface area contributed by atoms with E-state index >= 15 is 0 Å². The molecule has 2 fully saturated rings. The molecular formula is C26H40BrNO6. The van der Waals surface area contributed by atoms with Crippen LogP contribution in [0.5, 0.6) is 0 Å². The van der Waals surface area contributed by atoms with Gasteiger partial charge < -0.3 is 36.7 Å². The number of ether oxygens (including phenoxy) is 2. The second kappa shape index (κ2) is 13.0. The summed E-state index contributed by atoms with van der Waals surface area (Å²) in [4.78, 5) is 25.3. The number of unbranched alkanes of at least 4 members (excludes halogenated alkanes) is 3. The van der Waals surface area contributed by atoms with Gasteiger partial charge in [0.1, 0.15) is 6.54 Å². The molecule has 0 spiro atoms. The Morgan fingerprint density at radius 1 is 1.12 bits per heavy atom. The Bertz CT molecular complexity index is 787. The standard InChI is InChI=1S/C26H39NO6.BrH/c1-3-4-5-11-18-32-23(24(28)29)27(2)17-16-22(19-27)33-25(30)26(31,21-14-9-10-15-21)20-12-7-6-8-13-20;/h6-8,12-13,21-23,31H,3-5,9-11,14-19H2,1-2H3;1H. The minimum atomic E-state index is -1.67. The molecule has 0 radical (unpaired) electrons. The first-order valence-corrected chi connectivity index (χ1v) is 12.5. The number of nitrogens with zero attached hydrogens (tertiary/aromatic N) is 1. The Balaban J connectivity index is 0.00000408. The fraction of sp³-hybridized carbons (Fsp3) is 0.692. The number of hydrogen-bond acceptors (Lipinski definition) is 5. The molecule has 1 aliphatic carbocycles. The number of benzene rings is 1. The van der Waals surface area contributed by atoms with Gasteiger partial charge in [0.05, 0.1) is 20.2 Å². The highest BCUT2D eigenvalue weighted by atomic mass is 79.9. The van der Waals surface area contributed by atoms with Crippen molar-refractivity contribution in [3.63, 3.8) is 0 Å².